The van der Waals surface area contributed by atoms with E-state index in [1.165, 1.54) is 11.6 Å². The fourth-order valence-corrected chi connectivity index (χ4v) is 3.66. The average Bonchev–Trinajstić information content (AvgIpc) is 2.98. The summed E-state index contributed by atoms with van der Waals surface area (Å²) >= 11 is 5.84. The molecule has 0 spiro atoms. The van der Waals surface area contributed by atoms with Crippen LogP contribution >= 0.6 is 11.6 Å². The van der Waals surface area contributed by atoms with Crippen LogP contribution in [-0.2, 0) is 11.3 Å². The van der Waals surface area contributed by atoms with E-state index in [-0.39, 0.29) is 17.0 Å². The Labute approximate surface area is 170 Å². The lowest BCUT2D eigenvalue weighted by molar-refractivity contribution is 0.0502. The number of amides is 1. The lowest BCUT2D eigenvalue weighted by Crippen LogP contribution is -2.42. The van der Waals surface area contributed by atoms with Gasteiger partial charge in [0, 0.05) is 25.6 Å². The topological polar surface area (TPSA) is 41.6 Å². The molecule has 1 aliphatic rings. The molecule has 0 saturated carbocycles. The molecule has 1 saturated heterocycles. The van der Waals surface area contributed by atoms with Gasteiger partial charge >= 0.3 is 6.09 Å². The number of benzene rings is 2. The van der Waals surface area contributed by atoms with Crippen LogP contribution in [0.15, 0.2) is 48.5 Å². The fourth-order valence-electron chi connectivity index (χ4n) is 3.54. The van der Waals surface area contributed by atoms with Gasteiger partial charge in [0.05, 0.1) is 11.1 Å². The third kappa shape index (κ3) is 5.46. The van der Waals surface area contributed by atoms with Crippen LogP contribution in [-0.4, -0.2) is 35.7 Å². The number of nitrogens with zero attached hydrogens (tertiary/aromatic N) is 1. The monoisotopic (exact) mass is 404 g/mol. The van der Waals surface area contributed by atoms with Crippen molar-refractivity contribution in [1.29, 1.82) is 0 Å². The van der Waals surface area contributed by atoms with Gasteiger partial charge in [-0.15, -0.1) is 0 Å². The van der Waals surface area contributed by atoms with E-state index in [9.17, 15) is 9.18 Å². The second kappa shape index (κ2) is 8.50. The van der Waals surface area contributed by atoms with Crippen molar-refractivity contribution < 1.29 is 13.9 Å². The first-order chi connectivity index (χ1) is 13.2. The molecule has 0 unspecified atom stereocenters. The van der Waals surface area contributed by atoms with Crippen molar-refractivity contribution >= 4 is 17.7 Å². The summed E-state index contributed by atoms with van der Waals surface area (Å²) in [4.78, 5) is 14.6. The van der Waals surface area contributed by atoms with Crippen molar-refractivity contribution in [2.45, 2.75) is 44.9 Å². The fraction of sp³-hybridized carbons (Fsp3) is 0.409. The summed E-state index contributed by atoms with van der Waals surface area (Å²) in [6.45, 7) is 7.61. The van der Waals surface area contributed by atoms with Crippen LogP contribution in [0.2, 0.25) is 5.02 Å². The van der Waals surface area contributed by atoms with E-state index in [1.54, 1.807) is 6.07 Å². The Bertz CT molecular complexity index is 823. The molecule has 1 amide bonds. The summed E-state index contributed by atoms with van der Waals surface area (Å²) in [7, 11) is 0. The zero-order chi connectivity index (χ0) is 20.3. The molecule has 150 valence electrons. The summed E-state index contributed by atoms with van der Waals surface area (Å²) in [6, 6.07) is 14.8. The largest absolute Gasteiger partial charge is 0.444 e. The van der Waals surface area contributed by atoms with E-state index in [4.69, 9.17) is 16.3 Å². The van der Waals surface area contributed by atoms with Crippen LogP contribution < -0.4 is 5.32 Å². The maximum absolute atomic E-state index is 14.0. The summed E-state index contributed by atoms with van der Waals surface area (Å²) in [5.74, 6) is -0.500. The second-order valence-corrected chi connectivity index (χ2v) is 8.62. The maximum Gasteiger partial charge on any atom is 0.407 e. The quantitative estimate of drug-likeness (QED) is 0.782. The van der Waals surface area contributed by atoms with Gasteiger partial charge in [0.25, 0.3) is 0 Å². The van der Waals surface area contributed by atoms with Gasteiger partial charge in [-0.05, 0) is 44.0 Å². The highest BCUT2D eigenvalue weighted by molar-refractivity contribution is 6.30. The first-order valence-electron chi connectivity index (χ1n) is 9.42. The number of nitrogens with one attached hydrogen (secondary N) is 1. The molecule has 28 heavy (non-hydrogen) atoms. The number of ether oxygens (including phenoxy) is 1. The van der Waals surface area contributed by atoms with E-state index >= 15 is 0 Å². The van der Waals surface area contributed by atoms with Crippen LogP contribution in [0.25, 0.3) is 0 Å². The molecule has 1 fully saturated rings. The number of carbonyl (C=O) groups excluding carboxylic acids is 1. The van der Waals surface area contributed by atoms with E-state index in [1.807, 2.05) is 45.0 Å². The van der Waals surface area contributed by atoms with Gasteiger partial charge in [0.2, 0.25) is 0 Å². The van der Waals surface area contributed by atoms with Gasteiger partial charge in [-0.2, -0.15) is 0 Å². The number of hydrogen-bond donors (Lipinski definition) is 1. The van der Waals surface area contributed by atoms with Gasteiger partial charge < -0.3 is 10.1 Å². The normalized spacial score (nSPS) is 20.2. The smallest absolute Gasteiger partial charge is 0.407 e. The first-order valence-corrected chi connectivity index (χ1v) is 9.80. The van der Waals surface area contributed by atoms with Gasteiger partial charge in [-0.1, -0.05) is 48.0 Å². The van der Waals surface area contributed by atoms with Crippen LogP contribution in [0.5, 0.6) is 0 Å². The predicted molar refractivity (Wildman–Crippen MR) is 109 cm³/mol. The van der Waals surface area contributed by atoms with Gasteiger partial charge in [-0.3, -0.25) is 4.90 Å². The van der Waals surface area contributed by atoms with Crippen LogP contribution in [0, 0.1) is 5.82 Å². The SMILES string of the molecule is CC(C)(C)OC(=O)N[C@@H]1CN(Cc2ccccc2)C[C@H]1c1ccc(Cl)c(F)c1. The zero-order valence-corrected chi connectivity index (χ0v) is 17.2. The molecule has 3 rings (SSSR count). The molecule has 0 aliphatic carbocycles. The number of rotatable bonds is 4. The van der Waals surface area contributed by atoms with E-state index in [2.05, 4.69) is 22.3 Å². The summed E-state index contributed by atoms with van der Waals surface area (Å²) in [6.07, 6.45) is -0.460. The van der Waals surface area contributed by atoms with E-state index < -0.39 is 17.5 Å². The minimum atomic E-state index is -0.575. The molecule has 1 aliphatic heterocycles. The summed E-state index contributed by atoms with van der Waals surface area (Å²) in [5, 5.41) is 3.07. The van der Waals surface area contributed by atoms with Gasteiger partial charge in [0.15, 0.2) is 0 Å². The molecule has 2 aromatic carbocycles. The Morgan fingerprint density at radius 1 is 1.21 bits per heavy atom. The molecule has 1 heterocycles. The molecule has 2 aromatic rings. The van der Waals surface area contributed by atoms with Gasteiger partial charge in [0.1, 0.15) is 11.4 Å². The van der Waals surface area contributed by atoms with Crippen LogP contribution in [0.3, 0.4) is 0 Å². The van der Waals surface area contributed by atoms with Crippen LogP contribution in [0.4, 0.5) is 9.18 Å². The minimum absolute atomic E-state index is 0.0528. The van der Waals surface area contributed by atoms with Crippen molar-refractivity contribution in [1.82, 2.24) is 10.2 Å². The van der Waals surface area contributed by atoms with E-state index in [0.717, 1.165) is 12.1 Å². The number of alkyl carbamates (subject to hydrolysis) is 1. The van der Waals surface area contributed by atoms with Crippen LogP contribution in [0.1, 0.15) is 37.8 Å². The number of halogens is 2. The minimum Gasteiger partial charge on any atom is -0.444 e. The number of hydrogen-bond acceptors (Lipinski definition) is 3. The molecule has 1 N–H and O–H groups in total. The lowest BCUT2D eigenvalue weighted by Gasteiger charge is -2.24. The zero-order valence-electron chi connectivity index (χ0n) is 16.4. The highest BCUT2D eigenvalue weighted by atomic mass is 35.5. The number of likely N-dealkylation sites (tertiary alicyclic amines) is 1. The van der Waals surface area contributed by atoms with Crippen molar-refractivity contribution in [3.63, 3.8) is 0 Å². The van der Waals surface area contributed by atoms with Crippen molar-refractivity contribution in [2.24, 2.45) is 0 Å². The number of carbonyl (C=O) groups is 1. The molecule has 0 aromatic heterocycles. The molecule has 2 atom stereocenters. The third-order valence-electron chi connectivity index (χ3n) is 4.72. The molecule has 4 nitrogen and oxygen atoms in total. The second-order valence-electron chi connectivity index (χ2n) is 8.21. The first kappa shape index (κ1) is 20.6. The maximum atomic E-state index is 14.0. The standard InChI is InChI=1S/C22H26ClFN2O2/c1-22(2,3)28-21(27)25-20-14-26(12-15-7-5-4-6-8-15)13-17(20)16-9-10-18(23)19(24)11-16/h4-11,17,20H,12-14H2,1-3H3,(H,25,27)/t17-,20+/m0/s1. The molecular weight excluding hydrogens is 379 g/mol. The van der Waals surface area contributed by atoms with E-state index in [0.29, 0.717) is 13.1 Å². The molecule has 6 heteroatoms. The lowest BCUT2D eigenvalue weighted by atomic mass is 9.94. The highest BCUT2D eigenvalue weighted by Gasteiger charge is 2.36. The van der Waals surface area contributed by atoms with Crippen molar-refractivity contribution in [2.75, 3.05) is 13.1 Å². The average molecular weight is 405 g/mol. The highest BCUT2D eigenvalue weighted by Crippen LogP contribution is 2.31. The van der Waals surface area contributed by atoms with Crippen molar-refractivity contribution in [3.05, 3.63) is 70.5 Å². The Hall–Kier alpha value is -2.11. The molecule has 0 bridgehead atoms. The third-order valence-corrected chi connectivity index (χ3v) is 5.02. The summed E-state index contributed by atoms with van der Waals surface area (Å²) in [5.41, 5.74) is 1.44. The van der Waals surface area contributed by atoms with Gasteiger partial charge in [-0.25, -0.2) is 9.18 Å². The summed E-state index contributed by atoms with van der Waals surface area (Å²) < 4.78 is 19.4. The molecule has 0 radical (unpaired) electrons. The Morgan fingerprint density at radius 3 is 2.57 bits per heavy atom. The Morgan fingerprint density at radius 2 is 1.93 bits per heavy atom. The van der Waals surface area contributed by atoms with Crippen molar-refractivity contribution in [3.8, 4) is 0 Å². The Kier molecular flexibility index (Phi) is 6.26. The predicted octanol–water partition coefficient (Wildman–Crippen LogP) is 4.97. The Balaban J connectivity index is 1.78. The molecular formula is C22H26ClFN2O2.